The molecule has 0 bridgehead atoms. The van der Waals surface area contributed by atoms with Crippen LogP contribution in [0.15, 0.2) is 22.7 Å². The molecule has 54 valence electrons. The number of aliphatic hydroxyl groups is 1. The average Bonchev–Trinajstić information content (AvgIpc) is 1.95. The topological polar surface area (TPSA) is 40.5 Å². The Labute approximate surface area is 67.3 Å². The molecule has 0 aliphatic heterocycles. The molecule has 2 nitrogen and oxygen atoms in total. The second kappa shape index (κ2) is 3.03. The van der Waals surface area contributed by atoms with Gasteiger partial charge in [-0.15, -0.1) is 0 Å². The fraction of sp³-hybridized carbons (Fsp3) is 0.143. The summed E-state index contributed by atoms with van der Waals surface area (Å²) in [6.45, 7) is -0.00111. The molecule has 0 aliphatic carbocycles. The van der Waals surface area contributed by atoms with Crippen molar-refractivity contribution in [1.82, 2.24) is 0 Å². The SMILES string of the molecule is OCc1ccc(O)c(Br)c1. The van der Waals surface area contributed by atoms with Crippen molar-refractivity contribution in [3.8, 4) is 5.75 Å². The second-order valence-electron chi connectivity index (χ2n) is 1.94. The average molecular weight is 203 g/mol. The quantitative estimate of drug-likeness (QED) is 0.728. The molecule has 0 saturated heterocycles. The number of benzene rings is 1. The Morgan fingerprint density at radius 2 is 2.10 bits per heavy atom. The maximum Gasteiger partial charge on any atom is 0.129 e. The molecular formula is C7H7BrO2. The van der Waals surface area contributed by atoms with Gasteiger partial charge >= 0.3 is 0 Å². The predicted octanol–water partition coefficient (Wildman–Crippen LogP) is 1.65. The molecule has 10 heavy (non-hydrogen) atoms. The van der Waals surface area contributed by atoms with Gasteiger partial charge in [0.25, 0.3) is 0 Å². The number of phenolic OH excluding ortho intramolecular Hbond substituents is 1. The standard InChI is InChI=1S/C7H7BrO2/c8-6-3-5(4-9)1-2-7(6)10/h1-3,9-10H,4H2. The number of rotatable bonds is 1. The summed E-state index contributed by atoms with van der Waals surface area (Å²) in [7, 11) is 0. The molecular weight excluding hydrogens is 196 g/mol. The molecule has 0 aliphatic rings. The first-order chi connectivity index (χ1) is 4.74. The lowest BCUT2D eigenvalue weighted by atomic mass is 10.2. The summed E-state index contributed by atoms with van der Waals surface area (Å²) < 4.78 is 0.610. The fourth-order valence-corrected chi connectivity index (χ4v) is 1.07. The molecule has 0 fully saturated rings. The van der Waals surface area contributed by atoms with Crippen LogP contribution in [-0.4, -0.2) is 10.2 Å². The first-order valence-electron chi connectivity index (χ1n) is 2.82. The van der Waals surface area contributed by atoms with Gasteiger partial charge in [0.2, 0.25) is 0 Å². The first kappa shape index (κ1) is 7.57. The van der Waals surface area contributed by atoms with E-state index in [0.29, 0.717) is 4.47 Å². The second-order valence-corrected chi connectivity index (χ2v) is 2.80. The van der Waals surface area contributed by atoms with Gasteiger partial charge in [0.1, 0.15) is 5.75 Å². The van der Waals surface area contributed by atoms with Gasteiger partial charge in [-0.2, -0.15) is 0 Å². The smallest absolute Gasteiger partial charge is 0.129 e. The molecule has 0 atom stereocenters. The van der Waals surface area contributed by atoms with E-state index < -0.39 is 0 Å². The van der Waals surface area contributed by atoms with Crippen molar-refractivity contribution < 1.29 is 10.2 Å². The zero-order valence-corrected chi connectivity index (χ0v) is 6.80. The third-order valence-electron chi connectivity index (χ3n) is 1.19. The third-order valence-corrected chi connectivity index (χ3v) is 1.83. The van der Waals surface area contributed by atoms with Crippen molar-refractivity contribution in [2.75, 3.05) is 0 Å². The van der Waals surface area contributed by atoms with Gasteiger partial charge in [0.05, 0.1) is 11.1 Å². The minimum atomic E-state index is -0.00111. The van der Waals surface area contributed by atoms with Crippen LogP contribution in [0.2, 0.25) is 0 Å². The minimum Gasteiger partial charge on any atom is -0.507 e. The monoisotopic (exact) mass is 202 g/mol. The van der Waals surface area contributed by atoms with E-state index in [1.54, 1.807) is 12.1 Å². The van der Waals surface area contributed by atoms with Crippen molar-refractivity contribution in [1.29, 1.82) is 0 Å². The maximum absolute atomic E-state index is 9.01. The van der Waals surface area contributed by atoms with Gasteiger partial charge in [0, 0.05) is 0 Å². The summed E-state index contributed by atoms with van der Waals surface area (Å²) in [5.74, 6) is 0.192. The minimum absolute atomic E-state index is 0.00111. The Bertz CT molecular complexity index is 235. The van der Waals surface area contributed by atoms with Gasteiger partial charge in [-0.25, -0.2) is 0 Å². The van der Waals surface area contributed by atoms with Crippen LogP contribution >= 0.6 is 15.9 Å². The molecule has 0 amide bonds. The zero-order chi connectivity index (χ0) is 7.56. The highest BCUT2D eigenvalue weighted by Crippen LogP contribution is 2.23. The molecule has 0 heterocycles. The highest BCUT2D eigenvalue weighted by atomic mass is 79.9. The van der Waals surface area contributed by atoms with E-state index in [4.69, 9.17) is 10.2 Å². The number of hydrogen-bond acceptors (Lipinski definition) is 2. The predicted molar refractivity (Wildman–Crippen MR) is 41.7 cm³/mol. The molecule has 0 aromatic heterocycles. The molecule has 1 aromatic rings. The van der Waals surface area contributed by atoms with Gasteiger partial charge in [0.15, 0.2) is 0 Å². The maximum atomic E-state index is 9.01. The number of phenols is 1. The Morgan fingerprint density at radius 1 is 1.40 bits per heavy atom. The first-order valence-corrected chi connectivity index (χ1v) is 3.61. The Balaban J connectivity index is 3.04. The molecule has 0 unspecified atom stereocenters. The largest absolute Gasteiger partial charge is 0.507 e. The highest BCUT2D eigenvalue weighted by molar-refractivity contribution is 9.10. The van der Waals surface area contributed by atoms with Crippen molar-refractivity contribution in [3.05, 3.63) is 28.2 Å². The zero-order valence-electron chi connectivity index (χ0n) is 5.21. The van der Waals surface area contributed by atoms with Crippen LogP contribution in [0.25, 0.3) is 0 Å². The van der Waals surface area contributed by atoms with Gasteiger partial charge in [-0.1, -0.05) is 6.07 Å². The normalized spacial score (nSPS) is 9.80. The van der Waals surface area contributed by atoms with E-state index >= 15 is 0 Å². The molecule has 2 N–H and O–H groups in total. The molecule has 0 saturated carbocycles. The van der Waals surface area contributed by atoms with Crippen LogP contribution in [0.3, 0.4) is 0 Å². The number of aliphatic hydroxyl groups excluding tert-OH is 1. The Kier molecular flexibility index (Phi) is 2.29. The number of hydrogen-bond donors (Lipinski definition) is 2. The van der Waals surface area contributed by atoms with Crippen LogP contribution in [0.5, 0.6) is 5.75 Å². The van der Waals surface area contributed by atoms with Crippen molar-refractivity contribution >= 4 is 15.9 Å². The summed E-state index contributed by atoms with van der Waals surface area (Å²) in [5.41, 5.74) is 0.782. The van der Waals surface area contributed by atoms with E-state index in [0.717, 1.165) is 5.56 Å². The Hall–Kier alpha value is -0.540. The summed E-state index contributed by atoms with van der Waals surface area (Å²) in [6, 6.07) is 4.88. The molecule has 0 radical (unpaired) electrons. The van der Waals surface area contributed by atoms with E-state index in [-0.39, 0.29) is 12.4 Å². The van der Waals surface area contributed by atoms with Crippen molar-refractivity contribution in [3.63, 3.8) is 0 Å². The number of aromatic hydroxyl groups is 1. The van der Waals surface area contributed by atoms with Crippen LogP contribution in [0, 0.1) is 0 Å². The highest BCUT2D eigenvalue weighted by Gasteiger charge is 1.96. The van der Waals surface area contributed by atoms with Crippen molar-refractivity contribution in [2.24, 2.45) is 0 Å². The van der Waals surface area contributed by atoms with Gasteiger partial charge in [-0.05, 0) is 33.6 Å². The molecule has 1 rings (SSSR count). The Morgan fingerprint density at radius 3 is 2.60 bits per heavy atom. The third kappa shape index (κ3) is 1.49. The lowest BCUT2D eigenvalue weighted by Crippen LogP contribution is -1.81. The van der Waals surface area contributed by atoms with Crippen LogP contribution < -0.4 is 0 Å². The van der Waals surface area contributed by atoms with E-state index in [9.17, 15) is 0 Å². The van der Waals surface area contributed by atoms with Crippen LogP contribution in [-0.2, 0) is 6.61 Å². The lowest BCUT2D eigenvalue weighted by Gasteiger charge is -1.98. The van der Waals surface area contributed by atoms with Crippen LogP contribution in [0.4, 0.5) is 0 Å². The van der Waals surface area contributed by atoms with Gasteiger partial charge < -0.3 is 10.2 Å². The summed E-state index contributed by atoms with van der Waals surface area (Å²) >= 11 is 3.13. The van der Waals surface area contributed by atoms with E-state index in [2.05, 4.69) is 15.9 Å². The fourth-order valence-electron chi connectivity index (χ4n) is 0.649. The van der Waals surface area contributed by atoms with Gasteiger partial charge in [-0.3, -0.25) is 0 Å². The lowest BCUT2D eigenvalue weighted by molar-refractivity contribution is 0.281. The van der Waals surface area contributed by atoms with Crippen molar-refractivity contribution in [2.45, 2.75) is 6.61 Å². The molecule has 3 heteroatoms. The van der Waals surface area contributed by atoms with E-state index in [1.165, 1.54) is 6.07 Å². The van der Waals surface area contributed by atoms with Crippen LogP contribution in [0.1, 0.15) is 5.56 Å². The van der Waals surface area contributed by atoms with E-state index in [1.807, 2.05) is 0 Å². The summed E-state index contributed by atoms with van der Waals surface area (Å²) in [4.78, 5) is 0. The summed E-state index contributed by atoms with van der Waals surface area (Å²) in [6.07, 6.45) is 0. The summed E-state index contributed by atoms with van der Waals surface area (Å²) in [5, 5.41) is 17.7. The molecule has 0 spiro atoms. The number of halogens is 1. The molecule has 1 aromatic carbocycles.